The lowest BCUT2D eigenvalue weighted by molar-refractivity contribution is -0.128. The second kappa shape index (κ2) is 12.0. The van der Waals surface area contributed by atoms with Gasteiger partial charge in [0.05, 0.1) is 11.4 Å². The van der Waals surface area contributed by atoms with Gasteiger partial charge in [0.2, 0.25) is 0 Å². The van der Waals surface area contributed by atoms with Crippen molar-refractivity contribution in [2.75, 3.05) is 25.4 Å². The number of hydrogen-bond donors (Lipinski definition) is 2. The fraction of sp³-hybridized carbons (Fsp3) is 0.323. The summed E-state index contributed by atoms with van der Waals surface area (Å²) in [4.78, 5) is 23.7. The topological polar surface area (TPSA) is 135 Å². The summed E-state index contributed by atoms with van der Waals surface area (Å²) >= 11 is 0. The summed E-state index contributed by atoms with van der Waals surface area (Å²) in [6, 6.07) is 15.5. The molecule has 1 fully saturated rings. The second-order valence-corrected chi connectivity index (χ2v) is 10.8. The Morgan fingerprint density at radius 1 is 1.24 bits per heavy atom. The quantitative estimate of drug-likeness (QED) is 0.224. The Hall–Kier alpha value is -4.82. The zero-order chi connectivity index (χ0) is 29.9. The van der Waals surface area contributed by atoms with E-state index in [-0.39, 0.29) is 28.9 Å². The highest BCUT2D eigenvalue weighted by molar-refractivity contribution is 5.99. The number of ether oxygens (including phenoxy) is 1. The molecule has 1 saturated heterocycles. The highest BCUT2D eigenvalue weighted by Gasteiger charge is 2.31. The van der Waals surface area contributed by atoms with E-state index in [4.69, 9.17) is 15.6 Å². The average Bonchev–Trinajstić information content (AvgIpc) is 3.37. The zero-order valence-electron chi connectivity index (χ0n) is 23.8. The molecular formula is C31H33FN8O2. The minimum absolute atomic E-state index is 0.0825. The SMILES string of the molecule is CCNC(C)(C)/C=C(/C#N)C(=O)N1CCC[C@@H](n2nc(-c3ccc(Oc4ccccc4)cc3F)c3c(N)ncnc32)C1. The Kier molecular flexibility index (Phi) is 8.17. The molecule has 5 rings (SSSR count). The number of nitrogens with two attached hydrogens (primary N) is 1. The maximum atomic E-state index is 15.5. The molecule has 3 N–H and O–H groups in total. The molecule has 0 bridgehead atoms. The lowest BCUT2D eigenvalue weighted by Gasteiger charge is -2.33. The first kappa shape index (κ1) is 28.7. The smallest absolute Gasteiger partial charge is 0.264 e. The lowest BCUT2D eigenvalue weighted by Crippen LogP contribution is -2.43. The van der Waals surface area contributed by atoms with E-state index >= 15 is 4.39 Å². The summed E-state index contributed by atoms with van der Waals surface area (Å²) in [5, 5.41) is 18.3. The van der Waals surface area contributed by atoms with E-state index in [0.717, 1.165) is 0 Å². The second-order valence-electron chi connectivity index (χ2n) is 10.8. The minimum Gasteiger partial charge on any atom is -0.457 e. The fourth-order valence-electron chi connectivity index (χ4n) is 5.33. The summed E-state index contributed by atoms with van der Waals surface area (Å²) in [5.74, 6) is 0.239. The van der Waals surface area contributed by atoms with Gasteiger partial charge in [0.25, 0.3) is 5.91 Å². The van der Waals surface area contributed by atoms with Gasteiger partial charge in [-0.05, 0) is 63.6 Å². The van der Waals surface area contributed by atoms with Gasteiger partial charge in [-0.25, -0.2) is 19.0 Å². The van der Waals surface area contributed by atoms with E-state index in [1.54, 1.807) is 39.9 Å². The number of fused-ring (bicyclic) bond motifs is 1. The van der Waals surface area contributed by atoms with E-state index in [9.17, 15) is 10.1 Å². The third-order valence-corrected chi connectivity index (χ3v) is 7.21. The number of hydrogen-bond acceptors (Lipinski definition) is 8. The van der Waals surface area contributed by atoms with Gasteiger partial charge < -0.3 is 20.7 Å². The monoisotopic (exact) mass is 568 g/mol. The van der Waals surface area contributed by atoms with Crippen molar-refractivity contribution in [1.82, 2.24) is 30.0 Å². The molecule has 0 unspecified atom stereocenters. The van der Waals surface area contributed by atoms with Gasteiger partial charge in [-0.1, -0.05) is 25.1 Å². The van der Waals surface area contributed by atoms with Crippen LogP contribution in [0.5, 0.6) is 11.5 Å². The Balaban J connectivity index is 1.47. The number of anilines is 1. The summed E-state index contributed by atoms with van der Waals surface area (Å²) in [6.07, 6.45) is 4.43. The molecule has 1 amide bonds. The molecule has 216 valence electrons. The van der Waals surface area contributed by atoms with Crippen molar-refractivity contribution in [2.24, 2.45) is 0 Å². The van der Waals surface area contributed by atoms with Crippen molar-refractivity contribution < 1.29 is 13.9 Å². The standard InChI is InChI=1S/C31H33FN8O2/c1-4-37-31(2,3)16-20(17-33)30(41)39-14-8-9-21(18-39)40-29-26(28(34)35-19-36-29)27(38-40)24-13-12-23(15-25(24)32)42-22-10-6-5-7-11-22/h5-7,10-13,15-16,19,21,37H,4,8-9,14,18H2,1-3H3,(H2,34,35,36)/b20-16-/t21-/m1/s1. The third-order valence-electron chi connectivity index (χ3n) is 7.21. The normalized spacial score (nSPS) is 15.9. The van der Waals surface area contributed by atoms with Crippen molar-refractivity contribution in [2.45, 2.75) is 45.2 Å². The van der Waals surface area contributed by atoms with Crippen LogP contribution in [0.15, 0.2) is 66.5 Å². The number of para-hydroxylation sites is 1. The van der Waals surface area contributed by atoms with Crippen molar-refractivity contribution >= 4 is 22.8 Å². The summed E-state index contributed by atoms with van der Waals surface area (Å²) in [6.45, 7) is 7.33. The molecule has 0 spiro atoms. The number of aromatic nitrogens is 4. The van der Waals surface area contributed by atoms with Crippen LogP contribution in [0, 0.1) is 17.1 Å². The predicted octanol–water partition coefficient (Wildman–Crippen LogP) is 5.01. The third kappa shape index (κ3) is 5.94. The highest BCUT2D eigenvalue weighted by atomic mass is 19.1. The molecule has 0 radical (unpaired) electrons. The van der Waals surface area contributed by atoms with Gasteiger partial charge in [0, 0.05) is 30.3 Å². The van der Waals surface area contributed by atoms with Crippen LogP contribution in [0.4, 0.5) is 10.2 Å². The van der Waals surface area contributed by atoms with E-state index in [2.05, 4.69) is 21.4 Å². The highest BCUT2D eigenvalue weighted by Crippen LogP contribution is 2.36. The maximum Gasteiger partial charge on any atom is 0.264 e. The van der Waals surface area contributed by atoms with E-state index in [1.807, 2.05) is 39.0 Å². The number of nitrogens with one attached hydrogen (secondary N) is 1. The number of rotatable bonds is 8. The van der Waals surface area contributed by atoms with Crippen LogP contribution in [0.25, 0.3) is 22.3 Å². The number of benzene rings is 2. The fourth-order valence-corrected chi connectivity index (χ4v) is 5.33. The molecule has 11 heteroatoms. The Morgan fingerprint density at radius 2 is 2.02 bits per heavy atom. The van der Waals surface area contributed by atoms with Crippen molar-refractivity contribution in [1.29, 1.82) is 5.26 Å². The van der Waals surface area contributed by atoms with E-state index in [1.165, 1.54) is 12.4 Å². The molecule has 1 aliphatic rings. The van der Waals surface area contributed by atoms with Crippen LogP contribution >= 0.6 is 0 Å². The number of likely N-dealkylation sites (tertiary alicyclic amines) is 1. The largest absolute Gasteiger partial charge is 0.457 e. The number of piperidine rings is 1. The van der Waals surface area contributed by atoms with Gasteiger partial charge in [0.1, 0.15) is 46.8 Å². The van der Waals surface area contributed by atoms with E-state index in [0.29, 0.717) is 60.7 Å². The van der Waals surface area contributed by atoms with Crippen molar-refractivity contribution in [3.63, 3.8) is 0 Å². The number of amides is 1. The van der Waals surface area contributed by atoms with E-state index < -0.39 is 11.4 Å². The minimum atomic E-state index is -0.536. The number of nitrogen functional groups attached to an aromatic ring is 1. The molecule has 1 atom stereocenters. The summed E-state index contributed by atoms with van der Waals surface area (Å²) in [5.41, 5.74) is 6.82. The number of carbonyl (C=O) groups is 1. The van der Waals surface area contributed by atoms with Gasteiger partial charge in [0.15, 0.2) is 5.65 Å². The van der Waals surface area contributed by atoms with Crippen molar-refractivity contribution in [3.8, 4) is 28.8 Å². The average molecular weight is 569 g/mol. The van der Waals surface area contributed by atoms with Crippen LogP contribution in [-0.2, 0) is 4.79 Å². The predicted molar refractivity (Wildman–Crippen MR) is 158 cm³/mol. The van der Waals surface area contributed by atoms with Crippen LogP contribution in [0.1, 0.15) is 39.7 Å². The van der Waals surface area contributed by atoms with Crippen LogP contribution < -0.4 is 15.8 Å². The summed E-state index contributed by atoms with van der Waals surface area (Å²) < 4.78 is 23.0. The molecule has 0 saturated carbocycles. The molecule has 1 aliphatic heterocycles. The first-order valence-corrected chi connectivity index (χ1v) is 13.9. The van der Waals surface area contributed by atoms with Crippen molar-refractivity contribution in [3.05, 3.63) is 72.3 Å². The number of halogens is 1. The molecule has 2 aromatic heterocycles. The first-order valence-electron chi connectivity index (χ1n) is 13.9. The number of nitrogens with zero attached hydrogens (tertiary/aromatic N) is 6. The number of likely N-dealkylation sites (N-methyl/N-ethyl adjacent to an activating group) is 1. The van der Waals surface area contributed by atoms with Crippen LogP contribution in [0.2, 0.25) is 0 Å². The summed E-state index contributed by atoms with van der Waals surface area (Å²) in [7, 11) is 0. The van der Waals surface area contributed by atoms with Gasteiger partial charge >= 0.3 is 0 Å². The molecule has 2 aromatic carbocycles. The molecule has 0 aliphatic carbocycles. The molecular weight excluding hydrogens is 535 g/mol. The molecule has 4 aromatic rings. The molecule has 10 nitrogen and oxygen atoms in total. The Labute approximate surface area is 243 Å². The van der Waals surface area contributed by atoms with Gasteiger partial charge in [-0.15, -0.1) is 0 Å². The lowest BCUT2D eigenvalue weighted by atomic mass is 9.99. The zero-order valence-corrected chi connectivity index (χ0v) is 23.8. The Bertz CT molecular complexity index is 1680. The molecule has 3 heterocycles. The first-order chi connectivity index (χ1) is 20.2. The van der Waals surface area contributed by atoms with Gasteiger partial charge in [-0.2, -0.15) is 10.4 Å². The van der Waals surface area contributed by atoms with Crippen LogP contribution in [-0.4, -0.2) is 55.7 Å². The maximum absolute atomic E-state index is 15.5. The molecule has 42 heavy (non-hydrogen) atoms. The number of nitriles is 1. The van der Waals surface area contributed by atoms with Crippen LogP contribution in [0.3, 0.4) is 0 Å². The van der Waals surface area contributed by atoms with Gasteiger partial charge in [-0.3, -0.25) is 4.79 Å². The Morgan fingerprint density at radius 3 is 2.74 bits per heavy atom. The number of carbonyl (C=O) groups excluding carboxylic acids is 1.